The van der Waals surface area contributed by atoms with Crippen LogP contribution < -0.4 is 0 Å². The molecule has 1 rings (SSSR count). The molecule has 0 saturated carbocycles. The number of hydrogen-bond donors (Lipinski definition) is 0. The van der Waals surface area contributed by atoms with Crippen LogP contribution >= 0.6 is 0 Å². The number of hydrogen-bond acceptors (Lipinski definition) is 3. The Morgan fingerprint density at radius 3 is 3.22 bits per heavy atom. The average Bonchev–Trinajstić information content (AvgIpc) is 1.79. The van der Waals surface area contributed by atoms with E-state index in [0.717, 1.165) is 13.0 Å². The summed E-state index contributed by atoms with van der Waals surface area (Å²) in [6, 6.07) is 0. The predicted octanol–water partition coefficient (Wildman–Crippen LogP) is 0.726. The van der Waals surface area contributed by atoms with Gasteiger partial charge in [0.05, 0.1) is 0 Å². The van der Waals surface area contributed by atoms with E-state index in [1.165, 1.54) is 6.42 Å². The van der Waals surface area contributed by atoms with Crippen molar-refractivity contribution >= 4 is 12.6 Å². The lowest BCUT2D eigenvalue weighted by molar-refractivity contribution is 0.504. The van der Waals surface area contributed by atoms with Crippen molar-refractivity contribution in [2.75, 3.05) is 13.6 Å². The van der Waals surface area contributed by atoms with Crippen LogP contribution in [0.2, 0.25) is 0 Å². The molecule has 1 aliphatic heterocycles. The average molecular weight is 125 g/mol. The lowest BCUT2D eigenvalue weighted by Crippen LogP contribution is -2.17. The van der Waals surface area contributed by atoms with Crippen LogP contribution in [0.1, 0.15) is 12.8 Å². The predicted molar refractivity (Wildman–Crippen MR) is 38.8 cm³/mol. The molecule has 0 bridgehead atoms. The van der Waals surface area contributed by atoms with Gasteiger partial charge in [0.2, 0.25) is 0 Å². The van der Waals surface area contributed by atoms with Gasteiger partial charge in [-0.15, -0.1) is 5.10 Å². The second-order valence-corrected chi connectivity index (χ2v) is 2.15. The summed E-state index contributed by atoms with van der Waals surface area (Å²) in [5.74, 6) is 0. The van der Waals surface area contributed by atoms with E-state index >= 15 is 0 Å². The Morgan fingerprint density at radius 1 is 1.44 bits per heavy atom. The van der Waals surface area contributed by atoms with Crippen LogP contribution in [0.15, 0.2) is 10.2 Å². The fourth-order valence-corrected chi connectivity index (χ4v) is 0.713. The van der Waals surface area contributed by atoms with Crippen molar-refractivity contribution < 1.29 is 0 Å². The molecule has 50 valence electrons. The maximum atomic E-state index is 3.78. The van der Waals surface area contributed by atoms with Crippen LogP contribution in [0, 0.1) is 0 Å². The van der Waals surface area contributed by atoms with Crippen LogP contribution in [0.3, 0.4) is 0 Å². The second kappa shape index (κ2) is 3.22. The van der Waals surface area contributed by atoms with E-state index in [1.54, 1.807) is 6.34 Å². The van der Waals surface area contributed by atoms with Gasteiger partial charge in [0.15, 0.2) is 0 Å². The molecule has 0 amide bonds. The monoisotopic (exact) mass is 125 g/mol. The van der Waals surface area contributed by atoms with Gasteiger partial charge in [-0.05, 0) is 12.8 Å². The highest BCUT2D eigenvalue weighted by Crippen LogP contribution is 1.91. The molecule has 0 fully saturated rings. The van der Waals surface area contributed by atoms with Crippen LogP contribution in [-0.4, -0.2) is 31.0 Å². The van der Waals surface area contributed by atoms with Gasteiger partial charge in [0.25, 0.3) is 0 Å². The first-order chi connectivity index (χ1) is 4.39. The van der Waals surface area contributed by atoms with Crippen molar-refractivity contribution in [2.45, 2.75) is 12.8 Å². The van der Waals surface area contributed by atoms with Crippen molar-refractivity contribution in [2.24, 2.45) is 10.2 Å². The summed E-state index contributed by atoms with van der Waals surface area (Å²) in [5, 5.41) is 7.57. The molecule has 3 heteroatoms. The molecule has 0 radical (unpaired) electrons. The summed E-state index contributed by atoms with van der Waals surface area (Å²) in [5.41, 5.74) is 0. The molecule has 1 aliphatic rings. The Bertz CT molecular complexity index is 128. The molecule has 0 aromatic heterocycles. The molecule has 0 aromatic rings. The smallest absolute Gasteiger partial charge is 0.113 e. The maximum absolute atomic E-state index is 3.78. The van der Waals surface area contributed by atoms with E-state index in [1.807, 2.05) is 18.2 Å². The third-order valence-electron chi connectivity index (χ3n) is 1.24. The minimum absolute atomic E-state index is 1.04. The number of nitrogens with zero attached hydrogens (tertiary/aromatic N) is 3. The summed E-state index contributed by atoms with van der Waals surface area (Å²) in [6.07, 6.45) is 5.81. The van der Waals surface area contributed by atoms with Crippen molar-refractivity contribution in [3.05, 3.63) is 0 Å². The van der Waals surface area contributed by atoms with Crippen LogP contribution in [0.4, 0.5) is 0 Å². The van der Waals surface area contributed by atoms with E-state index in [9.17, 15) is 0 Å². The molecule has 0 saturated heterocycles. The van der Waals surface area contributed by atoms with Crippen molar-refractivity contribution in [1.29, 1.82) is 0 Å². The second-order valence-electron chi connectivity index (χ2n) is 2.15. The summed E-state index contributed by atoms with van der Waals surface area (Å²) < 4.78 is 0. The van der Waals surface area contributed by atoms with Gasteiger partial charge < -0.3 is 4.90 Å². The van der Waals surface area contributed by atoms with Crippen molar-refractivity contribution in [3.8, 4) is 0 Å². The minimum Gasteiger partial charge on any atom is -0.364 e. The Kier molecular flexibility index (Phi) is 2.24. The third-order valence-corrected chi connectivity index (χ3v) is 1.24. The summed E-state index contributed by atoms with van der Waals surface area (Å²) in [7, 11) is 2.00. The van der Waals surface area contributed by atoms with E-state index in [0.29, 0.717) is 0 Å². The number of rotatable bonds is 0. The van der Waals surface area contributed by atoms with Crippen molar-refractivity contribution in [1.82, 2.24) is 4.90 Å². The highest BCUT2D eigenvalue weighted by molar-refractivity contribution is 5.61. The van der Waals surface area contributed by atoms with E-state index in [4.69, 9.17) is 0 Å². The molecular formula is C6H11N3. The lowest BCUT2D eigenvalue weighted by atomic mass is 10.3. The van der Waals surface area contributed by atoms with Crippen LogP contribution in [0.25, 0.3) is 0 Å². The quantitative estimate of drug-likeness (QED) is 0.469. The fourth-order valence-electron chi connectivity index (χ4n) is 0.713. The zero-order valence-electron chi connectivity index (χ0n) is 5.62. The third kappa shape index (κ3) is 2.26. The minimum atomic E-state index is 1.04. The fraction of sp³-hybridized carbons (Fsp3) is 0.667. The largest absolute Gasteiger partial charge is 0.364 e. The standard InChI is InChI=1S/C6H11N3/c1-9-5-3-2-4-7-8-6-9/h4,6H,2-3,5H2,1H3. The van der Waals surface area contributed by atoms with Gasteiger partial charge >= 0.3 is 0 Å². The van der Waals surface area contributed by atoms with Gasteiger partial charge in [-0.25, -0.2) is 0 Å². The molecule has 0 aromatic carbocycles. The van der Waals surface area contributed by atoms with Gasteiger partial charge in [0, 0.05) is 19.8 Å². The van der Waals surface area contributed by atoms with Gasteiger partial charge in [0.1, 0.15) is 6.34 Å². The SMILES string of the molecule is CN1C=NN=CCCC1. The Morgan fingerprint density at radius 2 is 2.33 bits per heavy atom. The van der Waals surface area contributed by atoms with Gasteiger partial charge in [-0.2, -0.15) is 5.10 Å². The zero-order chi connectivity index (χ0) is 6.53. The van der Waals surface area contributed by atoms with E-state index < -0.39 is 0 Å². The molecule has 9 heavy (non-hydrogen) atoms. The van der Waals surface area contributed by atoms with Crippen LogP contribution in [0.5, 0.6) is 0 Å². The molecule has 3 nitrogen and oxygen atoms in total. The Labute approximate surface area is 55.1 Å². The first-order valence-electron chi connectivity index (χ1n) is 3.15. The lowest BCUT2D eigenvalue weighted by Gasteiger charge is -2.11. The van der Waals surface area contributed by atoms with E-state index in [-0.39, 0.29) is 0 Å². The highest BCUT2D eigenvalue weighted by Gasteiger charge is 1.92. The first kappa shape index (κ1) is 6.26. The Balaban J connectivity index is 2.44. The molecule has 0 N–H and O–H groups in total. The van der Waals surface area contributed by atoms with Crippen molar-refractivity contribution in [3.63, 3.8) is 0 Å². The van der Waals surface area contributed by atoms with Gasteiger partial charge in [-0.3, -0.25) is 0 Å². The molecule has 0 aliphatic carbocycles. The maximum Gasteiger partial charge on any atom is 0.113 e. The van der Waals surface area contributed by atoms with Gasteiger partial charge in [-0.1, -0.05) is 0 Å². The normalized spacial score (nSPS) is 19.4. The van der Waals surface area contributed by atoms with E-state index in [2.05, 4.69) is 10.2 Å². The molecule has 1 heterocycles. The first-order valence-corrected chi connectivity index (χ1v) is 3.15. The molecule has 0 atom stereocenters. The molecule has 0 spiro atoms. The summed E-state index contributed by atoms with van der Waals surface area (Å²) >= 11 is 0. The summed E-state index contributed by atoms with van der Waals surface area (Å²) in [4.78, 5) is 2.04. The Hall–Kier alpha value is -0.860. The summed E-state index contributed by atoms with van der Waals surface area (Å²) in [6.45, 7) is 1.08. The topological polar surface area (TPSA) is 28.0 Å². The molecular weight excluding hydrogens is 114 g/mol. The highest BCUT2D eigenvalue weighted by atomic mass is 15.3. The van der Waals surface area contributed by atoms with Crippen LogP contribution in [-0.2, 0) is 0 Å². The molecule has 0 unspecified atom stereocenters. The zero-order valence-corrected chi connectivity index (χ0v) is 5.62.